The molecule has 3 aromatic rings. The zero-order chi connectivity index (χ0) is 25.0. The lowest BCUT2D eigenvalue weighted by atomic mass is 10.1. The van der Waals surface area contributed by atoms with Crippen LogP contribution in [0.1, 0.15) is 30.9 Å². The van der Waals surface area contributed by atoms with E-state index in [1.165, 1.54) is 18.4 Å². The van der Waals surface area contributed by atoms with Crippen LogP contribution in [0.5, 0.6) is 5.75 Å². The molecule has 0 bridgehead atoms. The monoisotopic (exact) mass is 483 g/mol. The van der Waals surface area contributed by atoms with Crippen LogP contribution in [0.3, 0.4) is 0 Å². The Morgan fingerprint density at radius 3 is 2.12 bits per heavy atom. The maximum absolute atomic E-state index is 9.19. The first-order valence-electron chi connectivity index (χ1n) is 11.0. The molecule has 0 aliphatic rings. The second kappa shape index (κ2) is 13.4. The molecule has 3 rings (SSSR count). The molecule has 0 spiro atoms. The Morgan fingerprint density at radius 1 is 0.971 bits per heavy atom. The Labute approximate surface area is 202 Å². The number of unbranched alkanes of at least 4 members (excludes halogenated alkanes) is 1. The predicted molar refractivity (Wildman–Crippen MR) is 139 cm³/mol. The molecule has 0 aliphatic carbocycles. The number of ether oxygens (including phenoxy) is 1. The number of anilines is 2. The number of nitrogens with one attached hydrogen (secondary N) is 2. The standard InChI is InChI=1S/C25H29N3O.CH4O3S/c1-3-4-8-20-11-13-22(14-12-20)27-25(26)28(2)23-15-17-24(18-16-23)29-19-21-9-6-5-7-10-21;1-5(2,3)4/h5-7,9-18H,3-4,8,19H2,1-2H3,(H2,26,27);1H3,(H,2,3,4). The van der Waals surface area contributed by atoms with E-state index in [4.69, 9.17) is 14.7 Å². The van der Waals surface area contributed by atoms with Crippen LogP contribution in [0.25, 0.3) is 0 Å². The van der Waals surface area contributed by atoms with Crippen molar-refractivity contribution in [2.24, 2.45) is 0 Å². The van der Waals surface area contributed by atoms with E-state index in [1.807, 2.05) is 78.7 Å². The third-order valence-corrected chi connectivity index (χ3v) is 4.84. The summed E-state index contributed by atoms with van der Waals surface area (Å²) in [5, 5.41) is 11.5. The number of hydrogen-bond donors (Lipinski definition) is 3. The van der Waals surface area contributed by atoms with Gasteiger partial charge in [-0.1, -0.05) is 55.8 Å². The van der Waals surface area contributed by atoms with Crippen LogP contribution in [-0.4, -0.2) is 32.2 Å². The molecule has 0 saturated carbocycles. The molecule has 7 nitrogen and oxygen atoms in total. The molecule has 0 radical (unpaired) electrons. The molecule has 3 aromatic carbocycles. The maximum atomic E-state index is 9.19. The van der Waals surface area contributed by atoms with Crippen molar-refractivity contribution in [2.75, 3.05) is 23.5 Å². The highest BCUT2D eigenvalue weighted by molar-refractivity contribution is 7.85. The van der Waals surface area contributed by atoms with Crippen molar-refractivity contribution >= 4 is 27.5 Å². The third kappa shape index (κ3) is 10.5. The number of aryl methyl sites for hydroxylation is 1. The second-order valence-electron chi connectivity index (χ2n) is 7.83. The first kappa shape index (κ1) is 26.9. The lowest BCUT2D eigenvalue weighted by molar-refractivity contribution is 0.306. The number of hydrogen-bond acceptors (Lipinski definition) is 4. The van der Waals surface area contributed by atoms with Crippen LogP contribution in [0, 0.1) is 5.41 Å². The van der Waals surface area contributed by atoms with Gasteiger partial charge in [-0.3, -0.25) is 9.96 Å². The SMILES string of the molecule is CCCCc1ccc(NC(=N)N(C)c2ccc(OCc3ccccc3)cc2)cc1.CS(=O)(=O)O. The number of rotatable bonds is 8. The van der Waals surface area contributed by atoms with Gasteiger partial charge in [-0.15, -0.1) is 0 Å². The van der Waals surface area contributed by atoms with Gasteiger partial charge < -0.3 is 15.0 Å². The Bertz CT molecular complexity index is 1110. The van der Waals surface area contributed by atoms with Crippen molar-refractivity contribution in [3.8, 4) is 5.75 Å². The third-order valence-electron chi connectivity index (χ3n) is 4.84. The summed E-state index contributed by atoms with van der Waals surface area (Å²) in [5.41, 5.74) is 4.32. The predicted octanol–water partition coefficient (Wildman–Crippen LogP) is 5.60. The van der Waals surface area contributed by atoms with Crippen molar-refractivity contribution in [2.45, 2.75) is 32.8 Å². The lowest BCUT2D eigenvalue weighted by Gasteiger charge is -2.21. The van der Waals surface area contributed by atoms with Crippen molar-refractivity contribution in [3.63, 3.8) is 0 Å². The summed E-state index contributed by atoms with van der Waals surface area (Å²) >= 11 is 0. The normalized spacial score (nSPS) is 10.6. The summed E-state index contributed by atoms with van der Waals surface area (Å²) in [4.78, 5) is 1.81. The number of nitrogens with zero attached hydrogens (tertiary/aromatic N) is 1. The summed E-state index contributed by atoms with van der Waals surface area (Å²) < 4.78 is 31.7. The molecule has 34 heavy (non-hydrogen) atoms. The first-order chi connectivity index (χ1) is 16.2. The molecule has 0 heterocycles. The van der Waals surface area contributed by atoms with Gasteiger partial charge in [-0.05, 0) is 60.4 Å². The summed E-state index contributed by atoms with van der Waals surface area (Å²) in [6, 6.07) is 26.2. The van der Waals surface area contributed by atoms with Crippen LogP contribution in [-0.2, 0) is 23.1 Å². The fourth-order valence-corrected chi connectivity index (χ4v) is 2.99. The Kier molecular flexibility index (Phi) is 10.6. The van der Waals surface area contributed by atoms with Crippen LogP contribution < -0.4 is 15.0 Å². The van der Waals surface area contributed by atoms with Gasteiger partial charge in [-0.2, -0.15) is 8.42 Å². The molecule has 0 atom stereocenters. The van der Waals surface area contributed by atoms with Gasteiger partial charge in [0.25, 0.3) is 10.1 Å². The minimum Gasteiger partial charge on any atom is -0.489 e. The van der Waals surface area contributed by atoms with Crippen LogP contribution in [0.2, 0.25) is 0 Å². The average molecular weight is 484 g/mol. The molecule has 182 valence electrons. The van der Waals surface area contributed by atoms with E-state index in [0.717, 1.165) is 29.1 Å². The topological polar surface area (TPSA) is 103 Å². The van der Waals surface area contributed by atoms with Gasteiger partial charge in [0.2, 0.25) is 0 Å². The second-order valence-corrected chi connectivity index (χ2v) is 9.30. The van der Waals surface area contributed by atoms with E-state index in [1.54, 1.807) is 0 Å². The molecule has 0 aromatic heterocycles. The zero-order valence-electron chi connectivity index (χ0n) is 19.9. The average Bonchev–Trinajstić information content (AvgIpc) is 2.82. The van der Waals surface area contributed by atoms with Crippen LogP contribution >= 0.6 is 0 Å². The molecular formula is C26H33N3O4S. The maximum Gasteiger partial charge on any atom is 0.261 e. The molecule has 0 saturated heterocycles. The summed E-state index contributed by atoms with van der Waals surface area (Å²) in [6.45, 7) is 2.75. The Hall–Kier alpha value is -3.36. The number of guanidine groups is 1. The van der Waals surface area contributed by atoms with Crippen LogP contribution in [0.4, 0.5) is 11.4 Å². The van der Waals surface area contributed by atoms with Gasteiger partial charge in [0.1, 0.15) is 12.4 Å². The zero-order valence-corrected chi connectivity index (χ0v) is 20.7. The fourth-order valence-electron chi connectivity index (χ4n) is 2.99. The van der Waals surface area contributed by atoms with Crippen molar-refractivity contribution in [1.29, 1.82) is 5.41 Å². The van der Waals surface area contributed by atoms with E-state index in [2.05, 4.69) is 24.4 Å². The minimum atomic E-state index is -3.67. The van der Waals surface area contributed by atoms with Gasteiger partial charge in [0, 0.05) is 18.4 Å². The van der Waals surface area contributed by atoms with Crippen molar-refractivity contribution in [3.05, 3.63) is 90.0 Å². The fraction of sp³-hybridized carbons (Fsp3) is 0.269. The van der Waals surface area contributed by atoms with E-state index in [0.29, 0.717) is 18.8 Å². The smallest absolute Gasteiger partial charge is 0.261 e. The molecule has 0 unspecified atom stereocenters. The summed E-state index contributed by atoms with van der Waals surface area (Å²) in [7, 11) is -1.79. The molecule has 0 fully saturated rings. The highest BCUT2D eigenvalue weighted by Gasteiger charge is 2.08. The quantitative estimate of drug-likeness (QED) is 0.219. The number of benzene rings is 3. The molecule has 3 N–H and O–H groups in total. The highest BCUT2D eigenvalue weighted by atomic mass is 32.2. The molecule has 8 heteroatoms. The highest BCUT2D eigenvalue weighted by Crippen LogP contribution is 2.20. The Morgan fingerprint density at radius 2 is 1.56 bits per heavy atom. The van der Waals surface area contributed by atoms with E-state index in [9.17, 15) is 8.42 Å². The van der Waals surface area contributed by atoms with Gasteiger partial charge >= 0.3 is 0 Å². The van der Waals surface area contributed by atoms with Gasteiger partial charge in [0.15, 0.2) is 5.96 Å². The van der Waals surface area contributed by atoms with Gasteiger partial charge in [0.05, 0.1) is 6.26 Å². The Balaban J connectivity index is 0.000000739. The minimum absolute atomic E-state index is 0.323. The summed E-state index contributed by atoms with van der Waals surface area (Å²) in [5.74, 6) is 1.14. The van der Waals surface area contributed by atoms with Crippen molar-refractivity contribution in [1.82, 2.24) is 0 Å². The van der Waals surface area contributed by atoms with Gasteiger partial charge in [-0.25, -0.2) is 0 Å². The summed E-state index contributed by atoms with van der Waals surface area (Å²) in [6.07, 6.45) is 4.22. The largest absolute Gasteiger partial charge is 0.489 e. The van der Waals surface area contributed by atoms with E-state index < -0.39 is 10.1 Å². The lowest BCUT2D eigenvalue weighted by Crippen LogP contribution is -2.31. The van der Waals surface area contributed by atoms with Crippen molar-refractivity contribution < 1.29 is 17.7 Å². The van der Waals surface area contributed by atoms with Crippen LogP contribution in [0.15, 0.2) is 78.9 Å². The molecular weight excluding hydrogens is 450 g/mol. The van der Waals surface area contributed by atoms with E-state index in [-0.39, 0.29) is 0 Å². The van der Waals surface area contributed by atoms with E-state index >= 15 is 0 Å². The molecule has 0 amide bonds. The molecule has 0 aliphatic heterocycles. The first-order valence-corrected chi connectivity index (χ1v) is 12.9.